The van der Waals surface area contributed by atoms with Crippen LogP contribution in [0.1, 0.15) is 18.4 Å². The van der Waals surface area contributed by atoms with Crippen LogP contribution in [0.15, 0.2) is 52.9 Å². The van der Waals surface area contributed by atoms with Crippen LogP contribution in [0, 0.1) is 0 Å². The van der Waals surface area contributed by atoms with E-state index < -0.39 is 10.0 Å². The number of methoxy groups -OCH3 is 1. The summed E-state index contributed by atoms with van der Waals surface area (Å²) in [7, 11) is -1.64. The molecule has 2 aliphatic heterocycles. The predicted molar refractivity (Wildman–Crippen MR) is 148 cm³/mol. The lowest BCUT2D eigenvalue weighted by molar-refractivity contribution is -0.117. The molecule has 8 nitrogen and oxygen atoms in total. The number of unbranched alkanes of at least 4 members (excludes halogenated alkanes) is 1. The summed E-state index contributed by atoms with van der Waals surface area (Å²) in [4.78, 5) is 18.5. The van der Waals surface area contributed by atoms with E-state index in [2.05, 4.69) is 19.8 Å². The van der Waals surface area contributed by atoms with E-state index in [0.29, 0.717) is 18.0 Å². The van der Waals surface area contributed by atoms with Crippen LogP contribution >= 0.6 is 11.8 Å². The van der Waals surface area contributed by atoms with Gasteiger partial charge in [-0.05, 0) is 67.4 Å². The van der Waals surface area contributed by atoms with Crippen LogP contribution in [-0.2, 0) is 14.8 Å². The largest absolute Gasteiger partial charge is 0.497 e. The summed E-state index contributed by atoms with van der Waals surface area (Å²) in [5, 5.41) is 3.07. The van der Waals surface area contributed by atoms with Gasteiger partial charge in [0.25, 0.3) is 0 Å². The molecule has 1 amide bonds. The molecule has 1 saturated heterocycles. The first kappa shape index (κ1) is 26.4. The lowest BCUT2D eigenvalue weighted by Gasteiger charge is -2.36. The summed E-state index contributed by atoms with van der Waals surface area (Å²) >= 11 is 1.68. The van der Waals surface area contributed by atoms with E-state index in [1.54, 1.807) is 24.9 Å². The molecule has 1 fully saturated rings. The maximum atomic E-state index is 12.6. The molecule has 36 heavy (non-hydrogen) atoms. The highest BCUT2D eigenvalue weighted by atomic mass is 32.2. The van der Waals surface area contributed by atoms with E-state index in [9.17, 15) is 13.2 Å². The molecule has 194 valence electrons. The van der Waals surface area contributed by atoms with Crippen molar-refractivity contribution in [3.63, 3.8) is 0 Å². The smallest absolute Gasteiger partial charge is 0.248 e. The molecular formula is C26H34N4O4S2. The van der Waals surface area contributed by atoms with Gasteiger partial charge >= 0.3 is 0 Å². The third-order valence-electron chi connectivity index (χ3n) is 6.30. The van der Waals surface area contributed by atoms with Crippen molar-refractivity contribution in [2.24, 2.45) is 0 Å². The number of carbonyl (C=O) groups is 1. The third kappa shape index (κ3) is 7.41. The molecule has 0 radical (unpaired) electrons. The molecular weight excluding hydrogens is 496 g/mol. The Morgan fingerprint density at radius 2 is 1.89 bits per heavy atom. The molecule has 2 aromatic carbocycles. The molecule has 2 N–H and O–H groups in total. The third-order valence-corrected chi connectivity index (χ3v) is 8.04. The molecule has 0 atom stereocenters. The zero-order chi connectivity index (χ0) is 25.5. The van der Waals surface area contributed by atoms with E-state index >= 15 is 0 Å². The number of ether oxygens (including phenoxy) is 1. The monoisotopic (exact) mass is 530 g/mol. The highest BCUT2D eigenvalue weighted by Gasteiger charge is 2.19. The Hall–Kier alpha value is -2.69. The number of piperazine rings is 1. The lowest BCUT2D eigenvalue weighted by Crippen LogP contribution is -2.46. The first-order valence-corrected chi connectivity index (χ1v) is 15.0. The Morgan fingerprint density at radius 3 is 2.64 bits per heavy atom. The van der Waals surface area contributed by atoms with Gasteiger partial charge in [0.05, 0.1) is 19.1 Å². The summed E-state index contributed by atoms with van der Waals surface area (Å²) in [5.41, 5.74) is 3.45. The molecule has 10 heteroatoms. The Labute approximate surface area is 218 Å². The summed E-state index contributed by atoms with van der Waals surface area (Å²) in [5.74, 6) is 1.49. The predicted octanol–water partition coefficient (Wildman–Crippen LogP) is 3.27. The standard InChI is InChI=1S/C26H34N4O4S2/c1-34-24-8-9-25-20(17-24)16-21(19-35-25)26(31)27-10-3-4-11-29-12-14-30(15-13-29)23-7-5-6-22(18-23)28-36(2,32)33/h5-9,16-18,28H,3-4,10-15,19H2,1-2H3,(H,27,31). The van der Waals surface area contributed by atoms with Gasteiger partial charge in [0, 0.05) is 54.6 Å². The van der Waals surface area contributed by atoms with E-state index in [4.69, 9.17) is 4.74 Å². The first-order valence-electron chi connectivity index (χ1n) is 12.2. The number of sulfonamides is 1. The van der Waals surface area contributed by atoms with E-state index in [-0.39, 0.29) is 5.91 Å². The molecule has 2 heterocycles. The van der Waals surface area contributed by atoms with Crippen LogP contribution < -0.4 is 19.7 Å². The highest BCUT2D eigenvalue weighted by Crippen LogP contribution is 2.34. The zero-order valence-electron chi connectivity index (χ0n) is 20.8. The number of hydrogen-bond donors (Lipinski definition) is 2. The Kier molecular flexibility index (Phi) is 8.81. The van der Waals surface area contributed by atoms with Crippen molar-refractivity contribution in [3.8, 4) is 5.75 Å². The van der Waals surface area contributed by atoms with Crippen molar-refractivity contribution < 1.29 is 17.9 Å². The second-order valence-electron chi connectivity index (χ2n) is 9.08. The summed E-state index contributed by atoms with van der Waals surface area (Å²) < 4.78 is 30.8. The van der Waals surface area contributed by atoms with Gasteiger partial charge in [0.15, 0.2) is 0 Å². The van der Waals surface area contributed by atoms with Gasteiger partial charge in [0.1, 0.15) is 5.75 Å². The lowest BCUT2D eigenvalue weighted by atomic mass is 10.1. The SMILES string of the molecule is COc1ccc2c(c1)C=C(C(=O)NCCCCN1CCN(c3cccc(NS(C)(=O)=O)c3)CC1)CS2. The van der Waals surface area contributed by atoms with Gasteiger partial charge in [-0.25, -0.2) is 8.42 Å². The molecule has 0 unspecified atom stereocenters. The van der Waals surface area contributed by atoms with Gasteiger partial charge in [-0.15, -0.1) is 11.8 Å². The number of hydrogen-bond acceptors (Lipinski definition) is 7. The second-order valence-corrected chi connectivity index (χ2v) is 11.8. The van der Waals surface area contributed by atoms with Gasteiger partial charge in [0.2, 0.25) is 15.9 Å². The van der Waals surface area contributed by atoms with E-state index in [1.807, 2.05) is 42.5 Å². The van der Waals surface area contributed by atoms with Gasteiger partial charge in [-0.3, -0.25) is 14.4 Å². The van der Waals surface area contributed by atoms with E-state index in [1.165, 1.54) is 4.90 Å². The zero-order valence-corrected chi connectivity index (χ0v) is 22.5. The molecule has 0 aromatic heterocycles. The minimum atomic E-state index is -3.29. The van der Waals surface area contributed by atoms with Crippen molar-refractivity contribution >= 4 is 45.1 Å². The fraction of sp³-hybridized carbons (Fsp3) is 0.423. The van der Waals surface area contributed by atoms with Crippen LogP contribution in [0.5, 0.6) is 5.75 Å². The van der Waals surface area contributed by atoms with Crippen molar-refractivity contribution in [3.05, 3.63) is 53.6 Å². The number of fused-ring (bicyclic) bond motifs is 1. The number of nitrogens with one attached hydrogen (secondary N) is 2. The molecule has 0 aliphatic carbocycles. The average molecular weight is 531 g/mol. The summed E-state index contributed by atoms with van der Waals surface area (Å²) in [6, 6.07) is 13.5. The van der Waals surface area contributed by atoms with Gasteiger partial charge in [-0.2, -0.15) is 0 Å². The molecule has 4 rings (SSSR count). The maximum Gasteiger partial charge on any atom is 0.248 e. The van der Waals surface area contributed by atoms with Crippen molar-refractivity contribution in [2.45, 2.75) is 17.7 Å². The minimum Gasteiger partial charge on any atom is -0.497 e. The number of anilines is 2. The molecule has 2 aromatic rings. The van der Waals surface area contributed by atoms with Crippen LogP contribution in [0.4, 0.5) is 11.4 Å². The van der Waals surface area contributed by atoms with Crippen LogP contribution in [0.3, 0.4) is 0 Å². The molecule has 0 bridgehead atoms. The topological polar surface area (TPSA) is 91.0 Å². The number of benzene rings is 2. The fourth-order valence-electron chi connectivity index (χ4n) is 4.40. The maximum absolute atomic E-state index is 12.6. The fourth-order valence-corrected chi connectivity index (χ4v) is 5.93. The Morgan fingerprint density at radius 1 is 1.08 bits per heavy atom. The average Bonchev–Trinajstić information content (AvgIpc) is 2.87. The summed E-state index contributed by atoms with van der Waals surface area (Å²) in [6.07, 6.45) is 5.10. The van der Waals surface area contributed by atoms with Crippen molar-refractivity contribution in [1.82, 2.24) is 10.2 Å². The molecule has 0 saturated carbocycles. The minimum absolute atomic E-state index is 0.0113. The highest BCUT2D eigenvalue weighted by molar-refractivity contribution is 7.99. The quantitative estimate of drug-likeness (QED) is 0.456. The normalized spacial score (nSPS) is 16.2. The number of carbonyl (C=O) groups excluding carboxylic acids is 1. The van der Waals surface area contributed by atoms with Crippen LogP contribution in [0.25, 0.3) is 6.08 Å². The first-order chi connectivity index (χ1) is 17.3. The number of nitrogens with zero attached hydrogens (tertiary/aromatic N) is 2. The van der Waals surface area contributed by atoms with Crippen molar-refractivity contribution in [2.75, 3.05) is 68.0 Å². The Bertz CT molecular complexity index is 1210. The number of amides is 1. The second kappa shape index (κ2) is 12.0. The van der Waals surface area contributed by atoms with E-state index in [0.717, 1.165) is 74.4 Å². The Balaban J connectivity index is 1.15. The van der Waals surface area contributed by atoms with Crippen LogP contribution in [-0.4, -0.2) is 77.6 Å². The summed E-state index contributed by atoms with van der Waals surface area (Å²) in [6.45, 7) is 5.40. The van der Waals surface area contributed by atoms with Crippen LogP contribution in [0.2, 0.25) is 0 Å². The molecule has 2 aliphatic rings. The van der Waals surface area contributed by atoms with Crippen molar-refractivity contribution in [1.29, 1.82) is 0 Å². The van der Waals surface area contributed by atoms with Gasteiger partial charge < -0.3 is 15.0 Å². The van der Waals surface area contributed by atoms with Gasteiger partial charge in [-0.1, -0.05) is 6.07 Å². The number of thioether (sulfide) groups is 1. The number of rotatable bonds is 10. The molecule has 0 spiro atoms.